The third kappa shape index (κ3) is 4.09. The maximum Gasteiger partial charge on any atom is 0.261 e. The van der Waals surface area contributed by atoms with Crippen molar-refractivity contribution in [3.05, 3.63) is 84.2 Å². The Morgan fingerprint density at radius 3 is 2.68 bits per heavy atom. The van der Waals surface area contributed by atoms with E-state index in [9.17, 15) is 9.00 Å². The number of guanidine groups is 1. The van der Waals surface area contributed by atoms with Crippen LogP contribution in [-0.4, -0.2) is 38.3 Å². The first-order chi connectivity index (χ1) is 16.5. The maximum atomic E-state index is 13.6. The van der Waals surface area contributed by atoms with E-state index in [0.29, 0.717) is 12.3 Å². The quantitative estimate of drug-likeness (QED) is 0.613. The predicted molar refractivity (Wildman–Crippen MR) is 135 cm³/mol. The summed E-state index contributed by atoms with van der Waals surface area (Å²) >= 11 is 0. The Labute approximate surface area is 201 Å². The van der Waals surface area contributed by atoms with Gasteiger partial charge in [0.1, 0.15) is 11.0 Å². The fourth-order valence-electron chi connectivity index (χ4n) is 4.51. The maximum absolute atomic E-state index is 13.6. The number of nitrogens with zero attached hydrogens (tertiary/aromatic N) is 4. The van der Waals surface area contributed by atoms with Crippen LogP contribution in [0.25, 0.3) is 11.1 Å². The zero-order valence-electron chi connectivity index (χ0n) is 19.1. The number of carbonyl (C=O) groups is 1. The number of aliphatic imine (C=N–C) groups is 1. The predicted octanol–water partition coefficient (Wildman–Crippen LogP) is 3.58. The molecule has 0 spiro atoms. The van der Waals surface area contributed by atoms with Crippen molar-refractivity contribution in [3.63, 3.8) is 0 Å². The third-order valence-corrected chi connectivity index (χ3v) is 7.93. The van der Waals surface area contributed by atoms with Crippen LogP contribution in [0, 0.1) is 0 Å². The van der Waals surface area contributed by atoms with E-state index in [-0.39, 0.29) is 11.9 Å². The lowest BCUT2D eigenvalue weighted by atomic mass is 9.90. The second-order valence-corrected chi connectivity index (χ2v) is 10.3. The summed E-state index contributed by atoms with van der Waals surface area (Å²) in [5, 5.41) is 0. The Morgan fingerprint density at radius 1 is 1.06 bits per heavy atom. The van der Waals surface area contributed by atoms with Crippen LogP contribution in [0.1, 0.15) is 30.9 Å². The van der Waals surface area contributed by atoms with Crippen molar-refractivity contribution < 1.29 is 9.00 Å². The Bertz CT molecular complexity index is 1280. The molecule has 5 rings (SSSR count). The van der Waals surface area contributed by atoms with Crippen LogP contribution in [0.2, 0.25) is 0 Å². The highest BCUT2D eigenvalue weighted by Crippen LogP contribution is 2.35. The van der Waals surface area contributed by atoms with Crippen molar-refractivity contribution >= 4 is 28.5 Å². The normalized spacial score (nSPS) is 22.7. The van der Waals surface area contributed by atoms with Crippen LogP contribution in [0.15, 0.2) is 78.0 Å². The van der Waals surface area contributed by atoms with E-state index >= 15 is 0 Å². The molecule has 1 fully saturated rings. The molecule has 1 saturated heterocycles. The summed E-state index contributed by atoms with van der Waals surface area (Å²) in [5.74, 6) is 0.719. The average molecular weight is 474 g/mol. The van der Waals surface area contributed by atoms with E-state index in [2.05, 4.69) is 9.98 Å². The molecule has 0 aliphatic carbocycles. The minimum absolute atomic E-state index is 0.166. The molecule has 2 aromatic carbocycles. The van der Waals surface area contributed by atoms with Gasteiger partial charge in [-0.2, -0.15) is 0 Å². The zero-order chi connectivity index (χ0) is 23.7. The number of rotatable bonds is 5. The summed E-state index contributed by atoms with van der Waals surface area (Å²) in [5.41, 5.74) is 9.71. The number of nitrogens with two attached hydrogens (primary N) is 1. The first kappa shape index (κ1) is 22.3. The molecular weight excluding hydrogens is 446 g/mol. The van der Waals surface area contributed by atoms with E-state index in [1.165, 1.54) is 4.90 Å². The Balaban J connectivity index is 1.40. The Morgan fingerprint density at radius 2 is 1.88 bits per heavy atom. The summed E-state index contributed by atoms with van der Waals surface area (Å²) in [7, 11) is -1.01. The summed E-state index contributed by atoms with van der Waals surface area (Å²) < 4.78 is 14.4. The van der Waals surface area contributed by atoms with Crippen molar-refractivity contribution in [2.45, 2.75) is 31.8 Å². The van der Waals surface area contributed by atoms with E-state index in [4.69, 9.17) is 5.73 Å². The number of benzene rings is 2. The zero-order valence-corrected chi connectivity index (χ0v) is 19.9. The van der Waals surface area contributed by atoms with Gasteiger partial charge in [-0.25, -0.2) is 9.20 Å². The second kappa shape index (κ2) is 9.02. The van der Waals surface area contributed by atoms with Gasteiger partial charge in [-0.1, -0.05) is 36.4 Å². The first-order valence-corrected chi connectivity index (χ1v) is 12.7. The molecule has 0 saturated carbocycles. The largest absolute Gasteiger partial charge is 0.369 e. The van der Waals surface area contributed by atoms with Gasteiger partial charge in [0.2, 0.25) is 0 Å². The average Bonchev–Trinajstić information content (AvgIpc) is 3.09. The minimum Gasteiger partial charge on any atom is -0.369 e. The van der Waals surface area contributed by atoms with Gasteiger partial charge in [0.25, 0.3) is 5.91 Å². The summed E-state index contributed by atoms with van der Waals surface area (Å²) in [6.45, 7) is 2.88. The number of anilines is 1. The molecule has 3 heterocycles. The van der Waals surface area contributed by atoms with Crippen LogP contribution in [0.3, 0.4) is 0 Å². The van der Waals surface area contributed by atoms with Gasteiger partial charge in [0.15, 0.2) is 11.5 Å². The van der Waals surface area contributed by atoms with Crippen molar-refractivity contribution in [2.75, 3.05) is 16.6 Å². The minimum atomic E-state index is -1.10. The van der Waals surface area contributed by atoms with Gasteiger partial charge in [0.05, 0.1) is 6.54 Å². The molecule has 174 valence electrons. The molecule has 7 nitrogen and oxygen atoms in total. The van der Waals surface area contributed by atoms with Crippen LogP contribution in [0.4, 0.5) is 5.69 Å². The standard InChI is InChI=1S/C26H27N5O2S/c1-26(22-10-5-8-20(16-22)21-9-6-12-28-17-21)24(32)30(25(27)29-26)18-19-7-4-11-23(15-19)31-13-2-3-14-34(31)33/h4-12,15-17H,2-3,13-14,18H2,1H3,(H2,27,29). The molecule has 2 aliphatic rings. The molecule has 1 aromatic heterocycles. The molecule has 34 heavy (non-hydrogen) atoms. The molecule has 1 amide bonds. The second-order valence-electron chi connectivity index (χ2n) is 8.76. The number of amides is 1. The molecule has 2 atom stereocenters. The fraction of sp³-hybridized carbons (Fsp3) is 0.269. The van der Waals surface area contributed by atoms with E-state index in [1.54, 1.807) is 19.3 Å². The molecular formula is C26H27N5O2S. The van der Waals surface area contributed by atoms with Gasteiger partial charge in [-0.3, -0.25) is 19.0 Å². The molecule has 2 aliphatic heterocycles. The van der Waals surface area contributed by atoms with Crippen molar-refractivity contribution in [1.29, 1.82) is 0 Å². The monoisotopic (exact) mass is 473 g/mol. The summed E-state index contributed by atoms with van der Waals surface area (Å²) in [6, 6.07) is 19.5. The molecule has 0 radical (unpaired) electrons. The fourth-order valence-corrected chi connectivity index (χ4v) is 5.87. The summed E-state index contributed by atoms with van der Waals surface area (Å²) in [4.78, 5) is 23.9. The van der Waals surface area contributed by atoms with Crippen LogP contribution in [0.5, 0.6) is 0 Å². The number of hydrogen-bond acceptors (Lipinski definition) is 5. The number of carbonyl (C=O) groups excluding carboxylic acids is 1. The highest BCUT2D eigenvalue weighted by atomic mass is 32.2. The van der Waals surface area contributed by atoms with Gasteiger partial charge in [-0.15, -0.1) is 0 Å². The van der Waals surface area contributed by atoms with Gasteiger partial charge in [0, 0.05) is 30.4 Å². The molecule has 2 unspecified atom stereocenters. The molecule has 8 heteroatoms. The first-order valence-electron chi connectivity index (χ1n) is 11.4. The van der Waals surface area contributed by atoms with E-state index in [1.807, 2.05) is 65.0 Å². The number of aromatic nitrogens is 1. The smallest absolute Gasteiger partial charge is 0.261 e. The van der Waals surface area contributed by atoms with Crippen molar-refractivity contribution in [3.8, 4) is 11.1 Å². The van der Waals surface area contributed by atoms with Gasteiger partial charge in [-0.05, 0) is 66.3 Å². The van der Waals surface area contributed by atoms with Crippen LogP contribution >= 0.6 is 0 Å². The van der Waals surface area contributed by atoms with Gasteiger partial charge < -0.3 is 5.73 Å². The number of hydrogen-bond donors (Lipinski definition) is 1. The Hall–Kier alpha value is -3.52. The highest BCUT2D eigenvalue weighted by molar-refractivity contribution is 7.86. The van der Waals surface area contributed by atoms with Gasteiger partial charge >= 0.3 is 0 Å². The topological polar surface area (TPSA) is 91.9 Å². The van der Waals surface area contributed by atoms with Crippen LogP contribution in [-0.2, 0) is 27.9 Å². The molecule has 3 aromatic rings. The molecule has 2 N–H and O–H groups in total. The highest BCUT2D eigenvalue weighted by Gasteiger charge is 2.45. The van der Waals surface area contributed by atoms with Crippen molar-refractivity contribution in [1.82, 2.24) is 9.88 Å². The van der Waals surface area contributed by atoms with E-state index < -0.39 is 16.5 Å². The lowest BCUT2D eigenvalue weighted by Crippen LogP contribution is -2.41. The van der Waals surface area contributed by atoms with Crippen molar-refractivity contribution in [2.24, 2.45) is 10.7 Å². The lowest BCUT2D eigenvalue weighted by molar-refractivity contribution is -0.131. The SMILES string of the molecule is CC1(c2cccc(-c3cccnc3)c2)N=C(N)N(Cc2cccc(N3CCCCS3=O)c2)C1=O. The lowest BCUT2D eigenvalue weighted by Gasteiger charge is -2.28. The third-order valence-electron chi connectivity index (χ3n) is 6.41. The Kier molecular flexibility index (Phi) is 5.91. The summed E-state index contributed by atoms with van der Waals surface area (Å²) in [6.07, 6.45) is 5.54. The van der Waals surface area contributed by atoms with Crippen LogP contribution < -0.4 is 10.0 Å². The van der Waals surface area contributed by atoms with E-state index in [0.717, 1.165) is 47.3 Å². The number of pyridine rings is 1. The molecule has 0 bridgehead atoms.